The summed E-state index contributed by atoms with van der Waals surface area (Å²) in [4.78, 5) is 0. The van der Waals surface area contributed by atoms with Crippen molar-refractivity contribution in [2.24, 2.45) is 0 Å². The van der Waals surface area contributed by atoms with Gasteiger partial charge >= 0.3 is 0 Å². The molecular formula is C13H7BrClNO. The Balaban J connectivity index is 2.25. The van der Waals surface area contributed by atoms with E-state index in [0.29, 0.717) is 22.1 Å². The first-order valence-electron chi connectivity index (χ1n) is 4.82. The van der Waals surface area contributed by atoms with Gasteiger partial charge in [0.25, 0.3) is 0 Å². The lowest BCUT2D eigenvalue weighted by Gasteiger charge is -2.06. The van der Waals surface area contributed by atoms with Gasteiger partial charge in [-0.25, -0.2) is 0 Å². The molecule has 0 aliphatic carbocycles. The molecule has 2 nitrogen and oxygen atoms in total. The molecule has 0 aliphatic rings. The molecule has 0 radical (unpaired) electrons. The Labute approximate surface area is 113 Å². The van der Waals surface area contributed by atoms with Crippen LogP contribution in [0.1, 0.15) is 5.56 Å². The van der Waals surface area contributed by atoms with Crippen LogP contribution in [0, 0.1) is 11.3 Å². The van der Waals surface area contributed by atoms with Crippen LogP contribution in [0.4, 0.5) is 0 Å². The van der Waals surface area contributed by atoms with E-state index in [9.17, 15) is 0 Å². The van der Waals surface area contributed by atoms with Crippen molar-refractivity contribution in [1.82, 2.24) is 0 Å². The van der Waals surface area contributed by atoms with E-state index >= 15 is 0 Å². The lowest BCUT2D eigenvalue weighted by molar-refractivity contribution is 0.482. The second-order valence-corrected chi connectivity index (χ2v) is 4.64. The van der Waals surface area contributed by atoms with Gasteiger partial charge in [0.2, 0.25) is 0 Å². The summed E-state index contributed by atoms with van der Waals surface area (Å²) in [6.45, 7) is 0. The minimum Gasteiger partial charge on any atom is -0.457 e. The SMILES string of the molecule is N#Cc1ccc(Oc2cccc(Br)c2)cc1Cl. The van der Waals surface area contributed by atoms with Crippen molar-refractivity contribution < 1.29 is 4.74 Å². The Morgan fingerprint density at radius 2 is 1.88 bits per heavy atom. The molecule has 84 valence electrons. The lowest BCUT2D eigenvalue weighted by atomic mass is 10.2. The first kappa shape index (κ1) is 12.0. The molecule has 2 rings (SSSR count). The summed E-state index contributed by atoms with van der Waals surface area (Å²) >= 11 is 9.28. The molecule has 0 spiro atoms. The van der Waals surface area contributed by atoms with Crippen molar-refractivity contribution in [2.45, 2.75) is 0 Å². The Morgan fingerprint density at radius 1 is 1.12 bits per heavy atom. The molecule has 2 aromatic rings. The van der Waals surface area contributed by atoms with Gasteiger partial charge in [0, 0.05) is 10.5 Å². The fraction of sp³-hybridized carbons (Fsp3) is 0. The fourth-order valence-electron chi connectivity index (χ4n) is 1.32. The van der Waals surface area contributed by atoms with Gasteiger partial charge in [-0.05, 0) is 30.3 Å². The standard InChI is InChI=1S/C13H7BrClNO/c14-10-2-1-3-11(6-10)17-12-5-4-9(8-16)13(15)7-12/h1-7H. The summed E-state index contributed by atoms with van der Waals surface area (Å²) in [6.07, 6.45) is 0. The average Bonchev–Trinajstić information content (AvgIpc) is 2.29. The zero-order chi connectivity index (χ0) is 12.3. The summed E-state index contributed by atoms with van der Waals surface area (Å²) in [7, 11) is 0. The molecule has 4 heteroatoms. The smallest absolute Gasteiger partial charge is 0.129 e. The van der Waals surface area contributed by atoms with Gasteiger partial charge in [-0.1, -0.05) is 33.6 Å². The van der Waals surface area contributed by atoms with Gasteiger partial charge in [0.15, 0.2) is 0 Å². The molecule has 0 saturated heterocycles. The zero-order valence-corrected chi connectivity index (χ0v) is 11.0. The second kappa shape index (κ2) is 5.22. The van der Waals surface area contributed by atoms with Gasteiger partial charge in [-0.15, -0.1) is 0 Å². The van der Waals surface area contributed by atoms with E-state index < -0.39 is 0 Å². The Kier molecular flexibility index (Phi) is 3.68. The third-order valence-corrected chi connectivity index (χ3v) is 2.90. The normalized spacial score (nSPS) is 9.71. The topological polar surface area (TPSA) is 33.0 Å². The van der Waals surface area contributed by atoms with E-state index in [1.54, 1.807) is 18.2 Å². The molecule has 0 fully saturated rings. The van der Waals surface area contributed by atoms with Crippen molar-refractivity contribution >= 4 is 27.5 Å². The molecule has 0 aliphatic heterocycles. The van der Waals surface area contributed by atoms with E-state index in [-0.39, 0.29) is 0 Å². The van der Waals surface area contributed by atoms with E-state index in [1.807, 2.05) is 30.3 Å². The van der Waals surface area contributed by atoms with Crippen LogP contribution in [0.15, 0.2) is 46.9 Å². The highest BCUT2D eigenvalue weighted by molar-refractivity contribution is 9.10. The van der Waals surface area contributed by atoms with E-state index in [1.165, 1.54) is 0 Å². The van der Waals surface area contributed by atoms with Crippen molar-refractivity contribution in [3.8, 4) is 17.6 Å². The van der Waals surface area contributed by atoms with Crippen LogP contribution in [0.5, 0.6) is 11.5 Å². The molecule has 0 unspecified atom stereocenters. The van der Waals surface area contributed by atoms with Crippen molar-refractivity contribution in [2.75, 3.05) is 0 Å². The number of nitrogens with zero attached hydrogens (tertiary/aromatic N) is 1. The predicted molar refractivity (Wildman–Crippen MR) is 70.4 cm³/mol. The summed E-state index contributed by atoms with van der Waals surface area (Å²) < 4.78 is 6.56. The lowest BCUT2D eigenvalue weighted by Crippen LogP contribution is -1.85. The maximum absolute atomic E-state index is 8.75. The maximum atomic E-state index is 8.75. The molecule has 2 aromatic carbocycles. The van der Waals surface area contributed by atoms with Gasteiger partial charge in [0.1, 0.15) is 17.6 Å². The minimum absolute atomic E-state index is 0.389. The molecule has 0 bridgehead atoms. The summed E-state index contributed by atoms with van der Waals surface area (Å²) in [6, 6.07) is 14.5. The van der Waals surface area contributed by atoms with Crippen molar-refractivity contribution in [3.63, 3.8) is 0 Å². The zero-order valence-electron chi connectivity index (χ0n) is 8.65. The van der Waals surface area contributed by atoms with Crippen LogP contribution < -0.4 is 4.74 Å². The summed E-state index contributed by atoms with van der Waals surface area (Å²) in [5.74, 6) is 1.31. The number of halogens is 2. The highest BCUT2D eigenvalue weighted by Crippen LogP contribution is 2.27. The van der Waals surface area contributed by atoms with Crippen LogP contribution >= 0.6 is 27.5 Å². The van der Waals surface area contributed by atoms with Gasteiger partial charge < -0.3 is 4.74 Å². The van der Waals surface area contributed by atoms with E-state index in [0.717, 1.165) is 4.47 Å². The largest absolute Gasteiger partial charge is 0.457 e. The van der Waals surface area contributed by atoms with Crippen LogP contribution in [0.25, 0.3) is 0 Å². The first-order chi connectivity index (χ1) is 8.19. The molecule has 0 aromatic heterocycles. The van der Waals surface area contributed by atoms with Gasteiger partial charge in [-0.2, -0.15) is 5.26 Å². The quantitative estimate of drug-likeness (QED) is 0.801. The molecule has 0 heterocycles. The first-order valence-corrected chi connectivity index (χ1v) is 5.99. The summed E-state index contributed by atoms with van der Waals surface area (Å²) in [5, 5.41) is 9.14. The van der Waals surface area contributed by atoms with Crippen LogP contribution in [0.3, 0.4) is 0 Å². The number of rotatable bonds is 2. The average molecular weight is 309 g/mol. The number of hydrogen-bond donors (Lipinski definition) is 0. The number of benzene rings is 2. The Bertz CT molecular complexity index is 592. The highest BCUT2D eigenvalue weighted by Gasteiger charge is 2.03. The molecule has 0 N–H and O–H groups in total. The van der Waals surface area contributed by atoms with Crippen molar-refractivity contribution in [3.05, 3.63) is 57.5 Å². The number of nitriles is 1. The maximum Gasteiger partial charge on any atom is 0.129 e. The number of hydrogen-bond acceptors (Lipinski definition) is 2. The van der Waals surface area contributed by atoms with E-state index in [4.69, 9.17) is 21.6 Å². The predicted octanol–water partition coefficient (Wildman–Crippen LogP) is 4.77. The molecule has 0 atom stereocenters. The second-order valence-electron chi connectivity index (χ2n) is 3.31. The third kappa shape index (κ3) is 3.00. The van der Waals surface area contributed by atoms with Crippen LogP contribution in [-0.4, -0.2) is 0 Å². The third-order valence-electron chi connectivity index (χ3n) is 2.09. The molecule has 0 saturated carbocycles. The molecular weight excluding hydrogens is 302 g/mol. The monoisotopic (exact) mass is 307 g/mol. The molecule has 17 heavy (non-hydrogen) atoms. The molecule has 0 amide bonds. The van der Waals surface area contributed by atoms with Crippen LogP contribution in [0.2, 0.25) is 5.02 Å². The van der Waals surface area contributed by atoms with Gasteiger partial charge in [-0.3, -0.25) is 0 Å². The van der Waals surface area contributed by atoms with Gasteiger partial charge in [0.05, 0.1) is 10.6 Å². The Hall–Kier alpha value is -1.50. The van der Waals surface area contributed by atoms with Crippen molar-refractivity contribution in [1.29, 1.82) is 5.26 Å². The highest BCUT2D eigenvalue weighted by atomic mass is 79.9. The van der Waals surface area contributed by atoms with Crippen LogP contribution in [-0.2, 0) is 0 Å². The fourth-order valence-corrected chi connectivity index (χ4v) is 1.91. The minimum atomic E-state index is 0.389. The Morgan fingerprint density at radius 3 is 2.53 bits per heavy atom. The summed E-state index contributed by atoms with van der Waals surface area (Å²) in [5.41, 5.74) is 0.438. The number of ether oxygens (including phenoxy) is 1. The van der Waals surface area contributed by atoms with E-state index in [2.05, 4.69) is 15.9 Å².